The van der Waals surface area contributed by atoms with Crippen LogP contribution in [0.2, 0.25) is 0 Å². The first-order valence-corrected chi connectivity index (χ1v) is 9.04. The number of hydrogen-bond acceptors (Lipinski definition) is 5. The lowest BCUT2D eigenvalue weighted by atomic mass is 10.2. The summed E-state index contributed by atoms with van der Waals surface area (Å²) >= 11 is 1.41. The van der Waals surface area contributed by atoms with Crippen LogP contribution in [0.5, 0.6) is 0 Å². The maximum absolute atomic E-state index is 12.5. The lowest BCUT2D eigenvalue weighted by molar-refractivity contribution is -0.126. The molecule has 134 valence electrons. The fourth-order valence-corrected chi connectivity index (χ4v) is 3.33. The quantitative estimate of drug-likeness (QED) is 0.838. The standard InChI is InChI=1S/C19H18N2O4S/c1-12(18(23)21(2)14-6-4-3-5-7-14)25-19(24)13-8-9-16-15(10-13)20-17(22)11-26-16/h3-10,12H,11H2,1-2H3,(H,20,22). The molecule has 2 aromatic rings. The molecule has 6 nitrogen and oxygen atoms in total. The van der Waals surface area contributed by atoms with Crippen molar-refractivity contribution in [2.75, 3.05) is 23.0 Å². The summed E-state index contributed by atoms with van der Waals surface area (Å²) in [7, 11) is 1.63. The van der Waals surface area contributed by atoms with Crippen molar-refractivity contribution in [1.29, 1.82) is 0 Å². The van der Waals surface area contributed by atoms with Gasteiger partial charge in [-0.2, -0.15) is 0 Å². The molecule has 1 heterocycles. The first-order chi connectivity index (χ1) is 12.5. The van der Waals surface area contributed by atoms with Crippen molar-refractivity contribution < 1.29 is 19.1 Å². The van der Waals surface area contributed by atoms with Crippen molar-refractivity contribution in [1.82, 2.24) is 0 Å². The summed E-state index contributed by atoms with van der Waals surface area (Å²) in [5, 5.41) is 2.73. The number of esters is 1. The third kappa shape index (κ3) is 3.88. The number of likely N-dealkylation sites (N-methyl/N-ethyl adjacent to an activating group) is 1. The maximum Gasteiger partial charge on any atom is 0.338 e. The highest BCUT2D eigenvalue weighted by Gasteiger charge is 2.24. The second kappa shape index (κ2) is 7.61. The van der Waals surface area contributed by atoms with E-state index in [4.69, 9.17) is 4.74 Å². The van der Waals surface area contributed by atoms with Crippen LogP contribution < -0.4 is 10.2 Å². The first kappa shape index (κ1) is 18.0. The van der Waals surface area contributed by atoms with E-state index in [9.17, 15) is 14.4 Å². The van der Waals surface area contributed by atoms with Crippen LogP contribution in [0.25, 0.3) is 0 Å². The van der Waals surface area contributed by atoms with E-state index in [0.29, 0.717) is 17.1 Å². The molecule has 26 heavy (non-hydrogen) atoms. The molecule has 0 saturated carbocycles. The molecule has 1 N–H and O–H groups in total. The SMILES string of the molecule is CC(OC(=O)c1ccc2c(c1)NC(=O)CS2)C(=O)N(C)c1ccccc1. The molecular weight excluding hydrogens is 352 g/mol. The summed E-state index contributed by atoms with van der Waals surface area (Å²) in [6.45, 7) is 1.54. The van der Waals surface area contributed by atoms with E-state index in [1.165, 1.54) is 23.6 Å². The van der Waals surface area contributed by atoms with E-state index in [-0.39, 0.29) is 17.4 Å². The molecule has 2 amide bonds. The van der Waals surface area contributed by atoms with Gasteiger partial charge < -0.3 is 15.0 Å². The third-order valence-corrected chi connectivity index (χ3v) is 5.03. The molecule has 3 rings (SSSR count). The zero-order chi connectivity index (χ0) is 18.7. The third-order valence-electron chi connectivity index (χ3n) is 3.95. The summed E-state index contributed by atoms with van der Waals surface area (Å²) in [6.07, 6.45) is -0.937. The second-order valence-electron chi connectivity index (χ2n) is 5.83. The van der Waals surface area contributed by atoms with Crippen LogP contribution in [0, 0.1) is 0 Å². The normalized spacial score (nSPS) is 14.0. The van der Waals surface area contributed by atoms with E-state index in [0.717, 1.165) is 4.90 Å². The fraction of sp³-hybridized carbons (Fsp3) is 0.211. The van der Waals surface area contributed by atoms with Crippen LogP contribution in [0.15, 0.2) is 53.4 Å². The summed E-state index contributed by atoms with van der Waals surface area (Å²) in [4.78, 5) is 38.7. The van der Waals surface area contributed by atoms with Gasteiger partial charge in [0.1, 0.15) is 0 Å². The van der Waals surface area contributed by atoms with Crippen molar-refractivity contribution in [2.24, 2.45) is 0 Å². The Hall–Kier alpha value is -2.80. The highest BCUT2D eigenvalue weighted by molar-refractivity contribution is 8.00. The average molecular weight is 370 g/mol. The van der Waals surface area contributed by atoms with Crippen molar-refractivity contribution in [3.05, 3.63) is 54.1 Å². The van der Waals surface area contributed by atoms with Crippen molar-refractivity contribution in [3.63, 3.8) is 0 Å². The Bertz CT molecular complexity index is 854. The van der Waals surface area contributed by atoms with E-state index in [1.807, 2.05) is 18.2 Å². The minimum absolute atomic E-state index is 0.110. The summed E-state index contributed by atoms with van der Waals surface area (Å²) in [6, 6.07) is 14.1. The maximum atomic E-state index is 12.5. The van der Waals surface area contributed by atoms with E-state index in [1.54, 1.807) is 37.4 Å². The zero-order valence-corrected chi connectivity index (χ0v) is 15.2. The van der Waals surface area contributed by atoms with Gasteiger partial charge in [-0.25, -0.2) is 4.79 Å². The highest BCUT2D eigenvalue weighted by Crippen LogP contribution is 2.32. The van der Waals surface area contributed by atoms with Gasteiger partial charge in [-0.15, -0.1) is 11.8 Å². The molecule has 0 aromatic heterocycles. The van der Waals surface area contributed by atoms with Crippen LogP contribution in [0.3, 0.4) is 0 Å². The van der Waals surface area contributed by atoms with Gasteiger partial charge in [-0.3, -0.25) is 9.59 Å². The van der Waals surface area contributed by atoms with Crippen molar-refractivity contribution in [2.45, 2.75) is 17.9 Å². The first-order valence-electron chi connectivity index (χ1n) is 8.06. The van der Waals surface area contributed by atoms with Crippen LogP contribution >= 0.6 is 11.8 Å². The molecule has 1 aliphatic heterocycles. The van der Waals surface area contributed by atoms with Crippen LogP contribution in [0.1, 0.15) is 17.3 Å². The molecule has 1 aliphatic rings. The smallest absolute Gasteiger partial charge is 0.338 e. The predicted octanol–water partition coefficient (Wildman–Crippen LogP) is 2.94. The minimum Gasteiger partial charge on any atom is -0.449 e. The predicted molar refractivity (Wildman–Crippen MR) is 101 cm³/mol. The number of amides is 2. The Kier molecular flexibility index (Phi) is 5.27. The van der Waals surface area contributed by atoms with Gasteiger partial charge in [0.2, 0.25) is 5.91 Å². The molecule has 0 aliphatic carbocycles. The monoisotopic (exact) mass is 370 g/mol. The number of thioether (sulfide) groups is 1. The van der Waals surface area contributed by atoms with Crippen LogP contribution in [-0.2, 0) is 14.3 Å². The topological polar surface area (TPSA) is 75.7 Å². The number of carbonyl (C=O) groups excluding carboxylic acids is 3. The Morgan fingerprint density at radius 2 is 1.92 bits per heavy atom. The summed E-state index contributed by atoms with van der Waals surface area (Å²) in [5.74, 6) is -0.693. The Morgan fingerprint density at radius 1 is 1.19 bits per heavy atom. The molecular formula is C19H18N2O4S. The van der Waals surface area contributed by atoms with Gasteiger partial charge in [0, 0.05) is 17.6 Å². The molecule has 0 saturated heterocycles. The number of ether oxygens (including phenoxy) is 1. The molecule has 7 heteroatoms. The largest absolute Gasteiger partial charge is 0.449 e. The summed E-state index contributed by atoms with van der Waals surface area (Å²) < 4.78 is 5.31. The van der Waals surface area contributed by atoms with Gasteiger partial charge in [-0.1, -0.05) is 18.2 Å². The zero-order valence-electron chi connectivity index (χ0n) is 14.4. The van der Waals surface area contributed by atoms with E-state index in [2.05, 4.69) is 5.32 Å². The van der Waals surface area contributed by atoms with Gasteiger partial charge in [0.15, 0.2) is 6.10 Å². The van der Waals surface area contributed by atoms with E-state index < -0.39 is 12.1 Å². The molecule has 0 radical (unpaired) electrons. The average Bonchev–Trinajstić information content (AvgIpc) is 2.66. The van der Waals surface area contributed by atoms with Crippen molar-refractivity contribution >= 4 is 40.9 Å². The molecule has 0 fully saturated rings. The molecule has 2 aromatic carbocycles. The number of hydrogen-bond donors (Lipinski definition) is 1. The number of benzene rings is 2. The van der Waals surface area contributed by atoms with Crippen molar-refractivity contribution in [3.8, 4) is 0 Å². The Balaban J connectivity index is 1.68. The summed E-state index contributed by atoms with van der Waals surface area (Å²) in [5.41, 5.74) is 1.59. The molecule has 0 spiro atoms. The lowest BCUT2D eigenvalue weighted by Gasteiger charge is -2.22. The minimum atomic E-state index is -0.937. The number of carbonyl (C=O) groups is 3. The molecule has 1 atom stereocenters. The van der Waals surface area contributed by atoms with Gasteiger partial charge in [-0.05, 0) is 37.3 Å². The Labute approximate surface area is 155 Å². The van der Waals surface area contributed by atoms with Gasteiger partial charge >= 0.3 is 5.97 Å². The number of anilines is 2. The van der Waals surface area contributed by atoms with Crippen LogP contribution in [0.4, 0.5) is 11.4 Å². The second-order valence-corrected chi connectivity index (χ2v) is 6.85. The molecule has 0 bridgehead atoms. The van der Waals surface area contributed by atoms with Gasteiger partial charge in [0.25, 0.3) is 5.91 Å². The Morgan fingerprint density at radius 3 is 2.65 bits per heavy atom. The molecule has 1 unspecified atom stereocenters. The number of rotatable bonds is 4. The lowest BCUT2D eigenvalue weighted by Crippen LogP contribution is -2.37. The van der Waals surface area contributed by atoms with E-state index >= 15 is 0 Å². The number of nitrogens with zero attached hydrogens (tertiary/aromatic N) is 1. The highest BCUT2D eigenvalue weighted by atomic mass is 32.2. The fourth-order valence-electron chi connectivity index (χ4n) is 2.54. The number of para-hydroxylation sites is 1. The van der Waals surface area contributed by atoms with Crippen LogP contribution in [-0.4, -0.2) is 36.7 Å². The number of fused-ring (bicyclic) bond motifs is 1. The van der Waals surface area contributed by atoms with Gasteiger partial charge in [0.05, 0.1) is 17.0 Å². The number of nitrogens with one attached hydrogen (secondary N) is 1.